The number of benzene rings is 2. The zero-order valence-corrected chi connectivity index (χ0v) is 19.1. The molecule has 0 bridgehead atoms. The van der Waals surface area contributed by atoms with Crippen molar-refractivity contribution in [1.29, 1.82) is 0 Å². The van der Waals surface area contributed by atoms with Gasteiger partial charge in [-0.25, -0.2) is 9.97 Å². The predicted octanol–water partition coefficient (Wildman–Crippen LogP) is 3.25. The van der Waals surface area contributed by atoms with Gasteiger partial charge in [0.15, 0.2) is 11.5 Å². The minimum Gasteiger partial charge on any atom is -0.449 e. The Morgan fingerprint density at radius 1 is 1.00 bits per heavy atom. The number of carbonyl (C=O) groups is 2. The molecule has 2 aliphatic rings. The number of hydrogen-bond acceptors (Lipinski definition) is 6. The molecule has 0 unspecified atom stereocenters. The Labute approximate surface area is 202 Å². The van der Waals surface area contributed by atoms with E-state index in [1.54, 1.807) is 59.8 Å². The molecule has 1 aromatic heterocycles. The molecule has 0 atom stereocenters. The summed E-state index contributed by atoms with van der Waals surface area (Å²) < 4.78 is 5.89. The standard InChI is InChI=1S/C25H22ClN5O3/c26-19-6-3-5-18(15-19)16-22-24(33)31(20-7-1-2-8-21(20)34-22)17-23(32)29-11-13-30(14-12-29)25-27-9-4-10-28-25/h1-10,15-16H,11-14,17H2/b22-16+. The summed E-state index contributed by atoms with van der Waals surface area (Å²) in [5.74, 6) is 0.820. The van der Waals surface area contributed by atoms with Crippen LogP contribution in [0.25, 0.3) is 6.08 Å². The summed E-state index contributed by atoms with van der Waals surface area (Å²) in [6.45, 7) is 2.24. The normalized spacial score (nSPS) is 16.9. The number of nitrogens with zero attached hydrogens (tertiary/aromatic N) is 5. The lowest BCUT2D eigenvalue weighted by Gasteiger charge is -2.36. The van der Waals surface area contributed by atoms with Gasteiger partial charge in [-0.1, -0.05) is 35.9 Å². The molecule has 1 saturated heterocycles. The van der Waals surface area contributed by atoms with Crippen LogP contribution in [0, 0.1) is 0 Å². The van der Waals surface area contributed by atoms with E-state index in [-0.39, 0.29) is 24.1 Å². The van der Waals surface area contributed by atoms with Crippen LogP contribution in [-0.4, -0.2) is 59.4 Å². The average Bonchev–Trinajstić information content (AvgIpc) is 2.87. The Balaban J connectivity index is 1.33. The number of amides is 2. The van der Waals surface area contributed by atoms with Gasteiger partial charge in [0.2, 0.25) is 11.9 Å². The van der Waals surface area contributed by atoms with Crippen LogP contribution < -0.4 is 14.5 Å². The maximum absolute atomic E-state index is 13.3. The first-order valence-corrected chi connectivity index (χ1v) is 11.3. The number of halogens is 1. The highest BCUT2D eigenvalue weighted by Gasteiger charge is 2.33. The van der Waals surface area contributed by atoms with Crippen LogP contribution in [0.5, 0.6) is 5.75 Å². The molecule has 1 fully saturated rings. The molecule has 8 nitrogen and oxygen atoms in total. The molecule has 0 aliphatic carbocycles. The molecular weight excluding hydrogens is 454 g/mol. The first-order chi connectivity index (χ1) is 16.6. The van der Waals surface area contributed by atoms with Crippen molar-refractivity contribution in [3.8, 4) is 5.75 Å². The monoisotopic (exact) mass is 475 g/mol. The van der Waals surface area contributed by atoms with E-state index in [2.05, 4.69) is 9.97 Å². The number of hydrogen-bond donors (Lipinski definition) is 0. The molecule has 0 saturated carbocycles. The van der Waals surface area contributed by atoms with Crippen molar-refractivity contribution in [3.05, 3.63) is 83.3 Å². The van der Waals surface area contributed by atoms with E-state index in [4.69, 9.17) is 16.3 Å². The summed E-state index contributed by atoms with van der Waals surface area (Å²) in [4.78, 5) is 40.4. The van der Waals surface area contributed by atoms with E-state index in [0.717, 1.165) is 5.56 Å². The minimum absolute atomic E-state index is 0.0755. The molecule has 9 heteroatoms. The number of fused-ring (bicyclic) bond motifs is 1. The van der Waals surface area contributed by atoms with Gasteiger partial charge in [0.05, 0.1) is 5.69 Å². The molecule has 3 heterocycles. The largest absolute Gasteiger partial charge is 0.449 e. The number of piperazine rings is 1. The van der Waals surface area contributed by atoms with Crippen molar-refractivity contribution in [2.75, 3.05) is 42.5 Å². The predicted molar refractivity (Wildman–Crippen MR) is 130 cm³/mol. The van der Waals surface area contributed by atoms with Gasteiger partial charge in [-0.05, 0) is 42.0 Å². The number of rotatable bonds is 4. The van der Waals surface area contributed by atoms with Crippen molar-refractivity contribution >= 4 is 41.1 Å². The molecule has 0 radical (unpaired) electrons. The highest BCUT2D eigenvalue weighted by atomic mass is 35.5. The van der Waals surface area contributed by atoms with E-state index < -0.39 is 0 Å². The zero-order valence-electron chi connectivity index (χ0n) is 18.3. The van der Waals surface area contributed by atoms with Gasteiger partial charge in [-0.3, -0.25) is 14.5 Å². The summed E-state index contributed by atoms with van der Waals surface area (Å²) in [6, 6.07) is 16.1. The number of ether oxygens (including phenoxy) is 1. The van der Waals surface area contributed by atoms with Crippen LogP contribution in [0.1, 0.15) is 5.56 Å². The summed E-state index contributed by atoms with van der Waals surface area (Å²) in [5.41, 5.74) is 1.31. The fourth-order valence-electron chi connectivity index (χ4n) is 4.01. The average molecular weight is 476 g/mol. The van der Waals surface area contributed by atoms with E-state index in [1.807, 2.05) is 23.1 Å². The fourth-order valence-corrected chi connectivity index (χ4v) is 4.21. The number of carbonyl (C=O) groups excluding carboxylic acids is 2. The van der Waals surface area contributed by atoms with Crippen LogP contribution >= 0.6 is 11.6 Å². The Hall–Kier alpha value is -3.91. The first-order valence-electron chi connectivity index (χ1n) is 10.9. The summed E-state index contributed by atoms with van der Waals surface area (Å²) in [6.07, 6.45) is 5.05. The second-order valence-corrected chi connectivity index (χ2v) is 8.38. The van der Waals surface area contributed by atoms with Crippen LogP contribution in [0.4, 0.5) is 11.6 Å². The molecule has 0 spiro atoms. The lowest BCUT2D eigenvalue weighted by atomic mass is 10.1. The molecule has 2 aromatic carbocycles. The third-order valence-electron chi connectivity index (χ3n) is 5.74. The van der Waals surface area contributed by atoms with Crippen molar-refractivity contribution in [1.82, 2.24) is 14.9 Å². The second-order valence-electron chi connectivity index (χ2n) is 7.94. The molecule has 5 rings (SSSR count). The highest BCUT2D eigenvalue weighted by Crippen LogP contribution is 2.35. The highest BCUT2D eigenvalue weighted by molar-refractivity contribution is 6.30. The van der Waals surface area contributed by atoms with Crippen LogP contribution in [-0.2, 0) is 9.59 Å². The van der Waals surface area contributed by atoms with Crippen LogP contribution in [0.15, 0.2) is 72.8 Å². The fraction of sp³-hybridized carbons (Fsp3) is 0.200. The van der Waals surface area contributed by atoms with Crippen molar-refractivity contribution in [3.63, 3.8) is 0 Å². The summed E-state index contributed by atoms with van der Waals surface area (Å²) in [7, 11) is 0. The topological polar surface area (TPSA) is 78.9 Å². The van der Waals surface area contributed by atoms with E-state index in [9.17, 15) is 9.59 Å². The number of anilines is 2. The van der Waals surface area contributed by atoms with Crippen molar-refractivity contribution in [2.45, 2.75) is 0 Å². The molecule has 3 aromatic rings. The molecule has 2 amide bonds. The lowest BCUT2D eigenvalue weighted by Crippen LogP contribution is -2.53. The Morgan fingerprint density at radius 3 is 2.53 bits per heavy atom. The van der Waals surface area contributed by atoms with Crippen molar-refractivity contribution < 1.29 is 14.3 Å². The molecule has 2 aliphatic heterocycles. The maximum Gasteiger partial charge on any atom is 0.294 e. The molecule has 34 heavy (non-hydrogen) atoms. The van der Waals surface area contributed by atoms with Gasteiger partial charge < -0.3 is 14.5 Å². The van der Waals surface area contributed by atoms with Crippen molar-refractivity contribution in [2.24, 2.45) is 0 Å². The van der Waals surface area contributed by atoms with Crippen LogP contribution in [0.3, 0.4) is 0 Å². The Bertz CT molecular complexity index is 1240. The molecular formula is C25H22ClN5O3. The van der Waals surface area contributed by atoms with Gasteiger partial charge in [-0.2, -0.15) is 0 Å². The Morgan fingerprint density at radius 2 is 1.76 bits per heavy atom. The molecule has 172 valence electrons. The smallest absolute Gasteiger partial charge is 0.294 e. The Kier molecular flexibility index (Phi) is 6.14. The van der Waals surface area contributed by atoms with E-state index in [0.29, 0.717) is 48.6 Å². The quantitative estimate of drug-likeness (QED) is 0.539. The third-order valence-corrected chi connectivity index (χ3v) is 5.97. The number of para-hydroxylation sites is 2. The maximum atomic E-state index is 13.3. The summed E-state index contributed by atoms with van der Waals surface area (Å²) in [5, 5.41) is 0.560. The van der Waals surface area contributed by atoms with Gasteiger partial charge in [0.1, 0.15) is 6.54 Å². The SMILES string of the molecule is O=C(CN1C(=O)/C(=C\c2cccc(Cl)c2)Oc2ccccc21)N1CCN(c2ncccn2)CC1. The summed E-state index contributed by atoms with van der Waals surface area (Å²) >= 11 is 6.09. The third kappa shape index (κ3) is 4.58. The van der Waals surface area contributed by atoms with Gasteiger partial charge in [0, 0.05) is 43.6 Å². The second kappa shape index (κ2) is 9.52. The van der Waals surface area contributed by atoms with E-state index >= 15 is 0 Å². The van der Waals surface area contributed by atoms with E-state index in [1.165, 1.54) is 4.90 Å². The first kappa shape index (κ1) is 21.9. The van der Waals surface area contributed by atoms with Crippen LogP contribution in [0.2, 0.25) is 5.02 Å². The lowest BCUT2D eigenvalue weighted by molar-refractivity contribution is -0.131. The zero-order chi connectivity index (χ0) is 23.5. The minimum atomic E-state index is -0.372. The number of aromatic nitrogens is 2. The van der Waals surface area contributed by atoms with Gasteiger partial charge in [0.25, 0.3) is 5.91 Å². The van der Waals surface area contributed by atoms with Gasteiger partial charge in [-0.15, -0.1) is 0 Å². The molecule has 0 N–H and O–H groups in total. The van der Waals surface area contributed by atoms with Gasteiger partial charge >= 0.3 is 0 Å².